The van der Waals surface area contributed by atoms with Gasteiger partial charge in [0, 0.05) is 19.3 Å². The van der Waals surface area contributed by atoms with Gasteiger partial charge < -0.3 is 14.2 Å². The lowest BCUT2D eigenvalue weighted by atomic mass is 10.0. The van der Waals surface area contributed by atoms with Gasteiger partial charge in [-0.3, -0.25) is 14.4 Å². The van der Waals surface area contributed by atoms with Crippen LogP contribution in [0.15, 0.2) is 0 Å². The Balaban J connectivity index is 4.96. The SMILES string of the molecule is [2H]C([2H])(OC(=O)CCCCCCCCCCCCCCCC)C([2H])(OC(=O)CCCCCCCCCCCCCCCC)C([2H])([2H])OC(=O)CCCCCCCCCCCCCCCC. The molecule has 0 saturated heterocycles. The Morgan fingerprint density at radius 3 is 0.717 bits per heavy atom. The van der Waals surface area contributed by atoms with Crippen LogP contribution >= 0.6 is 0 Å². The van der Waals surface area contributed by atoms with Crippen LogP contribution in [0.3, 0.4) is 0 Å². The number of carbonyl (C=O) groups is 3. The van der Waals surface area contributed by atoms with E-state index in [2.05, 4.69) is 20.8 Å². The largest absolute Gasteiger partial charge is 0.462 e. The first-order valence-electron chi connectivity index (χ1n) is 29.0. The van der Waals surface area contributed by atoms with Crippen LogP contribution in [0.4, 0.5) is 0 Å². The number of ether oxygens (including phenoxy) is 3. The Morgan fingerprint density at radius 2 is 0.500 bits per heavy atom. The van der Waals surface area contributed by atoms with Crippen molar-refractivity contribution >= 4 is 17.9 Å². The molecule has 0 aromatic heterocycles. The third kappa shape index (κ3) is 47.5. The van der Waals surface area contributed by atoms with Crippen LogP contribution in [0.2, 0.25) is 0 Å². The average Bonchev–Trinajstić information content (AvgIpc) is 3.26. The summed E-state index contributed by atoms with van der Waals surface area (Å²) in [5.74, 6) is -2.92. The summed E-state index contributed by atoms with van der Waals surface area (Å²) in [5, 5.41) is 0. The van der Waals surface area contributed by atoms with Crippen LogP contribution in [0.1, 0.15) is 317 Å². The molecule has 0 aliphatic carbocycles. The first-order chi connectivity index (χ1) is 31.4. The van der Waals surface area contributed by atoms with Crippen molar-refractivity contribution in [2.75, 3.05) is 13.1 Å². The van der Waals surface area contributed by atoms with Gasteiger partial charge in [-0.1, -0.05) is 271 Å². The van der Waals surface area contributed by atoms with Crippen molar-refractivity contribution in [2.45, 2.75) is 316 Å². The van der Waals surface area contributed by atoms with E-state index < -0.39 is 37.1 Å². The summed E-state index contributed by atoms with van der Waals surface area (Å²) in [6, 6.07) is 0. The van der Waals surface area contributed by atoms with E-state index in [1.54, 1.807) is 0 Å². The summed E-state index contributed by atoms with van der Waals surface area (Å²) >= 11 is 0. The molecular weight excluding hydrogens is 745 g/mol. The highest BCUT2D eigenvalue weighted by atomic mass is 16.6. The van der Waals surface area contributed by atoms with Crippen LogP contribution in [-0.4, -0.2) is 37.1 Å². The minimum atomic E-state index is -3.48. The third-order valence-electron chi connectivity index (χ3n) is 11.9. The molecule has 0 rings (SSSR count). The molecule has 0 fully saturated rings. The average molecular weight is 854 g/mol. The van der Waals surface area contributed by atoms with Gasteiger partial charge in [-0.05, 0) is 19.3 Å². The van der Waals surface area contributed by atoms with Gasteiger partial charge in [0.05, 0.1) is 6.85 Å². The summed E-state index contributed by atoms with van der Waals surface area (Å²) in [5.41, 5.74) is 0. The molecule has 356 valence electrons. The summed E-state index contributed by atoms with van der Waals surface area (Å²) in [7, 11) is 0. The molecule has 0 unspecified atom stereocenters. The van der Waals surface area contributed by atoms with E-state index >= 15 is 0 Å². The topological polar surface area (TPSA) is 78.9 Å². The second kappa shape index (κ2) is 50.1. The van der Waals surface area contributed by atoms with E-state index in [1.165, 1.54) is 173 Å². The Labute approximate surface area is 381 Å². The van der Waals surface area contributed by atoms with Crippen LogP contribution in [0, 0.1) is 0 Å². The zero-order chi connectivity index (χ0) is 48.2. The molecule has 0 heterocycles. The smallest absolute Gasteiger partial charge is 0.306 e. The number of esters is 3. The van der Waals surface area contributed by atoms with Crippen molar-refractivity contribution in [1.29, 1.82) is 0 Å². The number of rotatable bonds is 50. The monoisotopic (exact) mass is 854 g/mol. The molecule has 0 aliphatic rings. The quantitative estimate of drug-likeness (QED) is 0.0345. The Hall–Kier alpha value is -1.59. The Morgan fingerprint density at radius 1 is 0.317 bits per heavy atom. The van der Waals surface area contributed by atoms with E-state index in [4.69, 9.17) is 21.1 Å². The van der Waals surface area contributed by atoms with Gasteiger partial charge >= 0.3 is 17.9 Å². The van der Waals surface area contributed by atoms with Crippen molar-refractivity contribution in [3.63, 3.8) is 0 Å². The zero-order valence-electron chi connectivity index (χ0n) is 45.3. The first kappa shape index (κ1) is 49.4. The normalized spacial score (nSPS) is 13.3. The fraction of sp³-hybridized carbons (Fsp3) is 0.944. The summed E-state index contributed by atoms with van der Waals surface area (Å²) in [6.45, 7) is -0.166. The van der Waals surface area contributed by atoms with E-state index in [1.807, 2.05) is 0 Å². The van der Waals surface area contributed by atoms with Gasteiger partial charge in [-0.2, -0.15) is 0 Å². The maximum atomic E-state index is 13.1. The highest BCUT2D eigenvalue weighted by molar-refractivity contribution is 5.71. The second-order valence-electron chi connectivity index (χ2n) is 18.0. The van der Waals surface area contributed by atoms with Crippen LogP contribution < -0.4 is 0 Å². The molecule has 6 nitrogen and oxygen atoms in total. The van der Waals surface area contributed by atoms with Crippen molar-refractivity contribution in [3.8, 4) is 0 Å². The molecule has 0 bridgehead atoms. The minimum Gasteiger partial charge on any atom is -0.462 e. The molecule has 60 heavy (non-hydrogen) atoms. The minimum absolute atomic E-state index is 0.122. The lowest BCUT2D eigenvalue weighted by Crippen LogP contribution is -2.30. The molecule has 0 saturated carbocycles. The van der Waals surface area contributed by atoms with Gasteiger partial charge in [0.1, 0.15) is 13.1 Å². The predicted octanol–water partition coefficient (Wildman–Crippen LogP) is 17.6. The molecule has 0 aromatic carbocycles. The lowest BCUT2D eigenvalue weighted by molar-refractivity contribution is -0.167. The molecule has 0 radical (unpaired) electrons. The zero-order valence-corrected chi connectivity index (χ0v) is 40.3. The Kier molecular flexibility index (Phi) is 41.2. The molecule has 0 atom stereocenters. The van der Waals surface area contributed by atoms with Crippen molar-refractivity contribution in [2.24, 2.45) is 0 Å². The van der Waals surface area contributed by atoms with Gasteiger partial charge in [0.2, 0.25) is 0 Å². The number of unbranched alkanes of at least 4 members (excludes halogenated alkanes) is 39. The van der Waals surface area contributed by atoms with Gasteiger partial charge in [-0.25, -0.2) is 0 Å². The first-order valence-corrected chi connectivity index (χ1v) is 26.5. The highest BCUT2D eigenvalue weighted by Crippen LogP contribution is 2.17. The van der Waals surface area contributed by atoms with Gasteiger partial charge in [0.15, 0.2) is 6.08 Å². The summed E-state index contributed by atoms with van der Waals surface area (Å²) < 4.78 is 58.9. The van der Waals surface area contributed by atoms with Gasteiger partial charge in [-0.15, -0.1) is 0 Å². The summed E-state index contributed by atoms with van der Waals surface area (Å²) in [6.07, 6.45) is 44.0. The van der Waals surface area contributed by atoms with E-state index in [0.29, 0.717) is 19.3 Å². The molecule has 0 aliphatic heterocycles. The van der Waals surface area contributed by atoms with Crippen molar-refractivity contribution in [1.82, 2.24) is 0 Å². The van der Waals surface area contributed by atoms with E-state index in [-0.39, 0.29) is 19.3 Å². The number of hydrogen-bond acceptors (Lipinski definition) is 6. The van der Waals surface area contributed by atoms with Crippen LogP contribution in [0.25, 0.3) is 0 Å². The van der Waals surface area contributed by atoms with E-state index in [9.17, 15) is 14.4 Å². The fourth-order valence-corrected chi connectivity index (χ4v) is 7.93. The standard InChI is InChI=1S/C54H104O6/c1-4-7-10-13-16-19-22-25-28-31-34-37-40-43-46-52(55)58-49-51(60-54(57)48-45-42-39-36-33-30-27-24-21-18-15-12-9-6-3)50-59-53(56)47-44-41-38-35-32-29-26-23-20-17-14-11-8-5-2/h51H,4-50H2,1-3H3/i49D2,50D2,51D. The van der Waals surface area contributed by atoms with Crippen molar-refractivity contribution < 1.29 is 35.4 Å². The van der Waals surface area contributed by atoms with Crippen LogP contribution in [0.5, 0.6) is 0 Å². The van der Waals surface area contributed by atoms with Crippen LogP contribution in [-0.2, 0) is 28.6 Å². The number of carbonyl (C=O) groups excluding carboxylic acids is 3. The number of hydrogen-bond donors (Lipinski definition) is 0. The van der Waals surface area contributed by atoms with Crippen molar-refractivity contribution in [3.05, 3.63) is 0 Å². The highest BCUT2D eigenvalue weighted by Gasteiger charge is 2.19. The molecule has 0 N–H and O–H groups in total. The molecule has 0 spiro atoms. The maximum Gasteiger partial charge on any atom is 0.306 e. The maximum absolute atomic E-state index is 13.1. The van der Waals surface area contributed by atoms with Gasteiger partial charge in [0.25, 0.3) is 0 Å². The second-order valence-corrected chi connectivity index (χ2v) is 18.0. The molecule has 6 heteroatoms. The predicted molar refractivity (Wildman–Crippen MR) is 257 cm³/mol. The Bertz CT molecular complexity index is 1050. The molecule has 0 amide bonds. The molecule has 0 aromatic rings. The molecular formula is C54H104O6. The summed E-state index contributed by atoms with van der Waals surface area (Å²) in [4.78, 5) is 39.0. The van der Waals surface area contributed by atoms with E-state index in [0.717, 1.165) is 77.0 Å². The fourth-order valence-electron chi connectivity index (χ4n) is 7.93. The lowest BCUT2D eigenvalue weighted by Gasteiger charge is -2.18. The third-order valence-corrected chi connectivity index (χ3v) is 11.9.